The molecule has 2 aromatic rings. The molecule has 7 heteroatoms. The van der Waals surface area contributed by atoms with Crippen LogP contribution in [-0.2, 0) is 19.1 Å². The van der Waals surface area contributed by atoms with Crippen LogP contribution in [0.15, 0.2) is 65.2 Å². The topological polar surface area (TPSA) is 85.7 Å². The predicted octanol–water partition coefficient (Wildman–Crippen LogP) is 6.07. The van der Waals surface area contributed by atoms with Crippen LogP contribution in [0.25, 0.3) is 10.9 Å². The van der Waals surface area contributed by atoms with Gasteiger partial charge in [0.25, 0.3) is 0 Å². The largest absolute Gasteiger partial charge is 0.393 e. The summed E-state index contributed by atoms with van der Waals surface area (Å²) in [6, 6.07) is 12.0. The highest BCUT2D eigenvalue weighted by atomic mass is 32.2. The zero-order valence-electron chi connectivity index (χ0n) is 24.0. The molecule has 9 atom stereocenters. The Hall–Kier alpha value is -2.32. The van der Waals surface area contributed by atoms with E-state index < -0.39 is 23.4 Å². The number of Topliss-reactive ketones (excluding diaryl/α,β-unsaturated/α-hetero) is 1. The maximum atomic E-state index is 14.5. The van der Waals surface area contributed by atoms with E-state index in [9.17, 15) is 14.7 Å². The Morgan fingerprint density at radius 1 is 1.20 bits per heavy atom. The number of aliphatic hydroxyl groups excluding tert-OH is 1. The molecule has 3 saturated carbocycles. The number of hydrogen-bond acceptors (Lipinski definition) is 7. The summed E-state index contributed by atoms with van der Waals surface area (Å²) in [5, 5.41) is 13.8. The van der Waals surface area contributed by atoms with Gasteiger partial charge in [-0.05, 0) is 68.2 Å². The first-order chi connectivity index (χ1) is 19.7. The number of allylic oxidation sites excluding steroid dienone is 4. The Morgan fingerprint density at radius 3 is 2.85 bits per heavy atom. The van der Waals surface area contributed by atoms with E-state index in [1.54, 1.807) is 12.2 Å². The van der Waals surface area contributed by atoms with E-state index in [-0.39, 0.29) is 46.6 Å². The van der Waals surface area contributed by atoms with Crippen molar-refractivity contribution in [3.63, 3.8) is 0 Å². The lowest BCUT2D eigenvalue weighted by Gasteiger charge is -2.59. The minimum atomic E-state index is -1.09. The number of aliphatic hydroxyl groups is 1. The zero-order chi connectivity index (χ0) is 28.6. The fourth-order valence-corrected chi connectivity index (χ4v) is 10.2. The van der Waals surface area contributed by atoms with Crippen LogP contribution in [0.2, 0.25) is 0 Å². The van der Waals surface area contributed by atoms with E-state index in [1.807, 2.05) is 42.5 Å². The molecule has 41 heavy (non-hydrogen) atoms. The van der Waals surface area contributed by atoms with Crippen molar-refractivity contribution in [2.75, 3.05) is 5.75 Å². The van der Waals surface area contributed by atoms with E-state index in [2.05, 4.69) is 20.8 Å². The molecule has 1 aliphatic heterocycles. The molecule has 216 valence electrons. The molecule has 1 aromatic heterocycles. The van der Waals surface area contributed by atoms with Gasteiger partial charge in [-0.15, -0.1) is 0 Å². The maximum Gasteiger partial charge on any atom is 0.178 e. The Labute approximate surface area is 246 Å². The number of fused-ring (bicyclic) bond motifs is 8. The molecule has 1 aromatic carbocycles. The number of carbonyl (C=O) groups excluding carboxylic acids is 2. The predicted molar refractivity (Wildman–Crippen MR) is 158 cm³/mol. The van der Waals surface area contributed by atoms with Crippen LogP contribution in [0, 0.1) is 28.6 Å². The van der Waals surface area contributed by atoms with E-state index >= 15 is 0 Å². The lowest BCUT2D eigenvalue weighted by Crippen LogP contribution is -2.63. The first kappa shape index (κ1) is 27.5. The first-order valence-corrected chi connectivity index (χ1v) is 16.2. The number of para-hydroxylation sites is 1. The summed E-state index contributed by atoms with van der Waals surface area (Å²) in [5.41, 5.74) is 0.0457. The van der Waals surface area contributed by atoms with Gasteiger partial charge in [-0.25, -0.2) is 4.98 Å². The highest BCUT2D eigenvalue weighted by molar-refractivity contribution is 7.99. The lowest BCUT2D eigenvalue weighted by molar-refractivity contribution is -0.197. The van der Waals surface area contributed by atoms with Crippen molar-refractivity contribution in [2.24, 2.45) is 28.6 Å². The SMILES string of the molecule is CCCC1O[C@@H]2CC3C4CCC5=CC(=O)C=CC5(C)C4C(O)CC3(C)[C@]2(C(=O)CSc2ccc3ccccc3n2)O1. The van der Waals surface area contributed by atoms with Crippen LogP contribution in [0.3, 0.4) is 0 Å². The minimum Gasteiger partial charge on any atom is -0.393 e. The van der Waals surface area contributed by atoms with Crippen molar-refractivity contribution in [1.29, 1.82) is 0 Å². The lowest BCUT2D eigenvalue weighted by atomic mass is 9.46. The van der Waals surface area contributed by atoms with Gasteiger partial charge in [0, 0.05) is 22.1 Å². The highest BCUT2D eigenvalue weighted by Crippen LogP contribution is 2.69. The van der Waals surface area contributed by atoms with Crippen molar-refractivity contribution in [2.45, 2.75) is 88.4 Å². The molecule has 4 fully saturated rings. The molecule has 2 heterocycles. The van der Waals surface area contributed by atoms with Crippen molar-refractivity contribution in [3.05, 3.63) is 60.2 Å². The third-order valence-electron chi connectivity index (χ3n) is 11.2. The number of ether oxygens (including phenoxy) is 2. The summed E-state index contributed by atoms with van der Waals surface area (Å²) in [6.45, 7) is 6.46. The zero-order valence-corrected chi connectivity index (χ0v) is 24.9. The number of pyridine rings is 1. The summed E-state index contributed by atoms with van der Waals surface area (Å²) in [6.07, 6.45) is 8.75. The van der Waals surface area contributed by atoms with Crippen molar-refractivity contribution in [1.82, 2.24) is 4.98 Å². The molecular weight excluding hydrogens is 534 g/mol. The number of nitrogens with zero attached hydrogens (tertiary/aromatic N) is 1. The molecule has 7 unspecified atom stereocenters. The molecular formula is C34H39NO5S. The second kappa shape index (κ2) is 9.87. The van der Waals surface area contributed by atoms with Crippen molar-refractivity contribution in [3.8, 4) is 0 Å². The molecule has 0 spiro atoms. The smallest absolute Gasteiger partial charge is 0.178 e. The third-order valence-corrected chi connectivity index (χ3v) is 12.1. The van der Waals surface area contributed by atoms with Gasteiger partial charge in [0.1, 0.15) is 0 Å². The van der Waals surface area contributed by atoms with Gasteiger partial charge in [0.2, 0.25) is 0 Å². The number of ketones is 2. The maximum absolute atomic E-state index is 14.5. The van der Waals surface area contributed by atoms with E-state index in [0.717, 1.165) is 53.6 Å². The van der Waals surface area contributed by atoms with E-state index in [4.69, 9.17) is 14.5 Å². The number of hydrogen-bond donors (Lipinski definition) is 1. The summed E-state index contributed by atoms with van der Waals surface area (Å²) >= 11 is 1.46. The first-order valence-electron chi connectivity index (χ1n) is 15.2. The van der Waals surface area contributed by atoms with Gasteiger partial charge in [-0.1, -0.05) is 74.9 Å². The molecule has 6 nitrogen and oxygen atoms in total. The van der Waals surface area contributed by atoms with Crippen LogP contribution in [0.1, 0.15) is 59.3 Å². The van der Waals surface area contributed by atoms with Crippen LogP contribution < -0.4 is 0 Å². The fraction of sp³-hybridized carbons (Fsp3) is 0.559. The molecule has 4 aliphatic carbocycles. The van der Waals surface area contributed by atoms with Crippen LogP contribution in [0.5, 0.6) is 0 Å². The van der Waals surface area contributed by atoms with Crippen molar-refractivity contribution >= 4 is 34.2 Å². The molecule has 1 saturated heterocycles. The summed E-state index contributed by atoms with van der Waals surface area (Å²) in [4.78, 5) is 31.5. The van der Waals surface area contributed by atoms with Crippen LogP contribution in [0.4, 0.5) is 0 Å². The average Bonchev–Trinajstić information content (AvgIpc) is 3.44. The minimum absolute atomic E-state index is 0.00137. The quantitative estimate of drug-likeness (QED) is 0.420. The van der Waals surface area contributed by atoms with Gasteiger partial charge in [0.05, 0.1) is 28.5 Å². The Kier molecular flexibility index (Phi) is 6.62. The Balaban J connectivity index is 1.21. The normalized spacial score (nSPS) is 41.0. The summed E-state index contributed by atoms with van der Waals surface area (Å²) < 4.78 is 13.4. The third kappa shape index (κ3) is 3.99. The molecule has 7 rings (SSSR count). The Bertz CT molecular complexity index is 1470. The second-order valence-corrected chi connectivity index (χ2v) is 14.2. The molecule has 5 aliphatic rings. The van der Waals surface area contributed by atoms with Gasteiger partial charge in [-0.2, -0.15) is 0 Å². The standard InChI is InChI=1S/C34H39NO5S/c1-4-7-30-39-28-17-24-23-12-11-21-16-22(36)14-15-32(21,2)31(23)26(37)18-33(24,3)34(28,40-30)27(38)19-41-29-13-10-20-8-5-6-9-25(20)35-29/h5-6,8-10,13-16,23-24,26,28,30-31,37H,4,7,11-12,17-19H2,1-3H3/t23?,24?,26?,28-,30?,31?,32?,33?,34-/m1/s1. The monoisotopic (exact) mass is 573 g/mol. The van der Waals surface area contributed by atoms with Crippen molar-refractivity contribution < 1.29 is 24.2 Å². The van der Waals surface area contributed by atoms with Crippen LogP contribution in [-0.4, -0.2) is 51.5 Å². The fourth-order valence-electron chi connectivity index (χ4n) is 9.38. The van der Waals surface area contributed by atoms with Gasteiger partial charge >= 0.3 is 0 Å². The number of thioether (sulfide) groups is 1. The summed E-state index contributed by atoms with van der Waals surface area (Å²) in [5.74, 6) is 0.715. The van der Waals surface area contributed by atoms with E-state index in [0.29, 0.717) is 6.42 Å². The number of aromatic nitrogens is 1. The van der Waals surface area contributed by atoms with E-state index in [1.165, 1.54) is 11.8 Å². The molecule has 1 N–H and O–H groups in total. The molecule has 0 radical (unpaired) electrons. The van der Waals surface area contributed by atoms with Gasteiger partial charge < -0.3 is 14.6 Å². The number of benzene rings is 1. The molecule has 0 bridgehead atoms. The second-order valence-electron chi connectivity index (χ2n) is 13.2. The number of carbonyl (C=O) groups is 2. The number of rotatable bonds is 6. The Morgan fingerprint density at radius 2 is 2.02 bits per heavy atom. The van der Waals surface area contributed by atoms with Crippen LogP contribution >= 0.6 is 11.8 Å². The molecule has 0 amide bonds. The van der Waals surface area contributed by atoms with Gasteiger partial charge in [-0.3, -0.25) is 9.59 Å². The highest BCUT2D eigenvalue weighted by Gasteiger charge is 2.75. The average molecular weight is 574 g/mol. The summed E-state index contributed by atoms with van der Waals surface area (Å²) in [7, 11) is 0. The van der Waals surface area contributed by atoms with Gasteiger partial charge in [0.15, 0.2) is 23.5 Å².